The highest BCUT2D eigenvalue weighted by atomic mass is 35.5. The summed E-state index contributed by atoms with van der Waals surface area (Å²) < 4.78 is 10.2. The van der Waals surface area contributed by atoms with Crippen LogP contribution in [0.25, 0.3) is 0 Å². The van der Waals surface area contributed by atoms with E-state index < -0.39 is 6.10 Å². The van der Waals surface area contributed by atoms with Crippen molar-refractivity contribution in [1.82, 2.24) is 5.48 Å². The fourth-order valence-corrected chi connectivity index (χ4v) is 1.29. The number of hydroxylamine groups is 1. The Morgan fingerprint density at radius 3 is 2.78 bits per heavy atom. The summed E-state index contributed by atoms with van der Waals surface area (Å²) in [5, 5.41) is 0.456. The molecule has 18 heavy (non-hydrogen) atoms. The third-order valence-electron chi connectivity index (χ3n) is 2.07. The van der Waals surface area contributed by atoms with Gasteiger partial charge in [-0.15, -0.1) is 0 Å². The lowest BCUT2D eigenvalue weighted by atomic mass is 10.3. The zero-order valence-corrected chi connectivity index (χ0v) is 11.1. The van der Waals surface area contributed by atoms with Gasteiger partial charge in [-0.2, -0.15) is 0 Å². The molecule has 0 aliphatic rings. The molecule has 0 heterocycles. The standard InChI is InChI=1S/C12H16ClNO4/c1-9(12(15)14-17-8-7-16-2)18-11-6-4-3-5-10(11)13/h3-6,9H,7-8H2,1-2H3,(H,14,15). The highest BCUT2D eigenvalue weighted by molar-refractivity contribution is 6.32. The molecule has 1 aromatic carbocycles. The minimum Gasteiger partial charge on any atom is -0.479 e. The van der Waals surface area contributed by atoms with Gasteiger partial charge in [-0.25, -0.2) is 5.48 Å². The maximum atomic E-state index is 11.6. The molecule has 0 saturated heterocycles. The first kappa shape index (κ1) is 14.8. The van der Waals surface area contributed by atoms with Gasteiger partial charge in [0.1, 0.15) is 5.75 Å². The minimum atomic E-state index is -0.701. The molecule has 1 aromatic rings. The van der Waals surface area contributed by atoms with E-state index in [1.165, 1.54) is 0 Å². The molecule has 1 N–H and O–H groups in total. The molecule has 0 aliphatic heterocycles. The Morgan fingerprint density at radius 2 is 2.11 bits per heavy atom. The van der Waals surface area contributed by atoms with E-state index in [0.29, 0.717) is 17.4 Å². The van der Waals surface area contributed by atoms with Crippen LogP contribution in [0.3, 0.4) is 0 Å². The van der Waals surface area contributed by atoms with E-state index >= 15 is 0 Å². The molecule has 0 spiro atoms. The number of ether oxygens (including phenoxy) is 2. The number of hydrogen-bond donors (Lipinski definition) is 1. The van der Waals surface area contributed by atoms with Crippen LogP contribution in [0.2, 0.25) is 5.02 Å². The monoisotopic (exact) mass is 273 g/mol. The molecule has 6 heteroatoms. The number of hydrogen-bond acceptors (Lipinski definition) is 4. The van der Waals surface area contributed by atoms with E-state index in [9.17, 15) is 4.79 Å². The van der Waals surface area contributed by atoms with E-state index in [4.69, 9.17) is 25.9 Å². The van der Waals surface area contributed by atoms with E-state index in [1.807, 2.05) is 0 Å². The quantitative estimate of drug-likeness (QED) is 0.608. The van der Waals surface area contributed by atoms with Crippen molar-refractivity contribution in [3.8, 4) is 5.75 Å². The molecule has 0 aromatic heterocycles. The van der Waals surface area contributed by atoms with Gasteiger partial charge in [-0.05, 0) is 19.1 Å². The molecule has 100 valence electrons. The summed E-state index contributed by atoms with van der Waals surface area (Å²) in [5.74, 6) is 0.0738. The van der Waals surface area contributed by atoms with Gasteiger partial charge in [-0.1, -0.05) is 23.7 Å². The van der Waals surface area contributed by atoms with Crippen LogP contribution >= 0.6 is 11.6 Å². The molecule has 1 atom stereocenters. The van der Waals surface area contributed by atoms with E-state index in [2.05, 4.69) is 5.48 Å². The molecule has 0 radical (unpaired) electrons. The summed E-state index contributed by atoms with van der Waals surface area (Å²) in [5.41, 5.74) is 2.27. The van der Waals surface area contributed by atoms with Crippen LogP contribution in [0.4, 0.5) is 0 Å². The van der Waals surface area contributed by atoms with Gasteiger partial charge in [0.15, 0.2) is 6.10 Å². The molecular formula is C12H16ClNO4. The van der Waals surface area contributed by atoms with Crippen LogP contribution in [0.1, 0.15) is 6.92 Å². The lowest BCUT2D eigenvalue weighted by molar-refractivity contribution is -0.141. The van der Waals surface area contributed by atoms with Crippen molar-refractivity contribution in [1.29, 1.82) is 0 Å². The van der Waals surface area contributed by atoms with Crippen molar-refractivity contribution < 1.29 is 19.1 Å². The Bertz CT molecular complexity index is 386. The lowest BCUT2D eigenvalue weighted by Crippen LogP contribution is -2.37. The minimum absolute atomic E-state index is 0.279. The van der Waals surface area contributed by atoms with Gasteiger partial charge in [0.25, 0.3) is 5.91 Å². The molecule has 1 rings (SSSR count). The van der Waals surface area contributed by atoms with Crippen molar-refractivity contribution in [3.05, 3.63) is 29.3 Å². The predicted octanol–water partition coefficient (Wildman–Crippen LogP) is 1.80. The Labute approximate surface area is 111 Å². The largest absolute Gasteiger partial charge is 0.479 e. The number of methoxy groups -OCH3 is 1. The second-order valence-electron chi connectivity index (χ2n) is 3.50. The van der Waals surface area contributed by atoms with Gasteiger partial charge < -0.3 is 9.47 Å². The number of benzene rings is 1. The van der Waals surface area contributed by atoms with Crippen molar-refractivity contribution >= 4 is 17.5 Å². The van der Waals surface area contributed by atoms with Crippen molar-refractivity contribution in [3.63, 3.8) is 0 Å². The lowest BCUT2D eigenvalue weighted by Gasteiger charge is -2.15. The third kappa shape index (κ3) is 4.91. The summed E-state index contributed by atoms with van der Waals surface area (Å²) in [6, 6.07) is 6.95. The van der Waals surface area contributed by atoms with Crippen molar-refractivity contribution in [2.75, 3.05) is 20.3 Å². The first-order chi connectivity index (χ1) is 8.65. The molecule has 0 fully saturated rings. The second kappa shape index (κ2) is 7.92. The summed E-state index contributed by atoms with van der Waals surface area (Å²) in [6.07, 6.45) is -0.701. The Morgan fingerprint density at radius 1 is 1.39 bits per heavy atom. The molecule has 1 unspecified atom stereocenters. The number of halogens is 1. The number of carbonyl (C=O) groups excluding carboxylic acids is 1. The van der Waals surface area contributed by atoms with Crippen LogP contribution in [-0.2, 0) is 14.4 Å². The number of amides is 1. The van der Waals surface area contributed by atoms with Gasteiger partial charge in [0, 0.05) is 7.11 Å². The second-order valence-corrected chi connectivity index (χ2v) is 3.91. The molecule has 0 aliphatic carbocycles. The SMILES string of the molecule is COCCONC(=O)C(C)Oc1ccccc1Cl. The fraction of sp³-hybridized carbons (Fsp3) is 0.417. The van der Waals surface area contributed by atoms with Crippen LogP contribution in [0.5, 0.6) is 5.75 Å². The van der Waals surface area contributed by atoms with Gasteiger partial charge in [0.2, 0.25) is 0 Å². The van der Waals surface area contributed by atoms with Crippen LogP contribution in [0, 0.1) is 0 Å². The molecule has 0 bridgehead atoms. The number of para-hydroxylation sites is 1. The highest BCUT2D eigenvalue weighted by Crippen LogP contribution is 2.24. The molecule has 0 saturated carbocycles. The predicted molar refractivity (Wildman–Crippen MR) is 67.5 cm³/mol. The van der Waals surface area contributed by atoms with Crippen LogP contribution in [0.15, 0.2) is 24.3 Å². The Balaban J connectivity index is 2.38. The van der Waals surface area contributed by atoms with E-state index in [-0.39, 0.29) is 12.5 Å². The van der Waals surface area contributed by atoms with Crippen molar-refractivity contribution in [2.24, 2.45) is 0 Å². The summed E-state index contributed by atoms with van der Waals surface area (Å²) in [7, 11) is 1.55. The van der Waals surface area contributed by atoms with Crippen LogP contribution < -0.4 is 10.2 Å². The maximum Gasteiger partial charge on any atom is 0.284 e. The maximum absolute atomic E-state index is 11.6. The Kier molecular flexibility index (Phi) is 6.49. The first-order valence-electron chi connectivity index (χ1n) is 5.47. The molecule has 5 nitrogen and oxygen atoms in total. The summed E-state index contributed by atoms with van der Waals surface area (Å²) >= 11 is 5.91. The summed E-state index contributed by atoms with van der Waals surface area (Å²) in [6.45, 7) is 2.29. The number of carbonyl (C=O) groups is 1. The zero-order chi connectivity index (χ0) is 13.4. The Hall–Kier alpha value is -1.30. The normalized spacial score (nSPS) is 11.9. The zero-order valence-electron chi connectivity index (χ0n) is 10.3. The fourth-order valence-electron chi connectivity index (χ4n) is 1.11. The smallest absolute Gasteiger partial charge is 0.284 e. The van der Waals surface area contributed by atoms with E-state index in [1.54, 1.807) is 38.3 Å². The van der Waals surface area contributed by atoms with E-state index in [0.717, 1.165) is 0 Å². The molecule has 1 amide bonds. The van der Waals surface area contributed by atoms with Gasteiger partial charge in [-0.3, -0.25) is 9.63 Å². The topological polar surface area (TPSA) is 56.8 Å². The highest BCUT2D eigenvalue weighted by Gasteiger charge is 2.15. The third-order valence-corrected chi connectivity index (χ3v) is 2.38. The van der Waals surface area contributed by atoms with Gasteiger partial charge >= 0.3 is 0 Å². The van der Waals surface area contributed by atoms with Crippen molar-refractivity contribution in [2.45, 2.75) is 13.0 Å². The number of rotatable bonds is 7. The average molecular weight is 274 g/mol. The number of nitrogens with one attached hydrogen (secondary N) is 1. The first-order valence-corrected chi connectivity index (χ1v) is 5.84. The van der Waals surface area contributed by atoms with Gasteiger partial charge in [0.05, 0.1) is 18.2 Å². The van der Waals surface area contributed by atoms with Crippen LogP contribution in [-0.4, -0.2) is 32.3 Å². The summed E-state index contributed by atoms with van der Waals surface area (Å²) in [4.78, 5) is 16.5. The molecular weight excluding hydrogens is 258 g/mol. The average Bonchev–Trinajstić information content (AvgIpc) is 2.37.